The van der Waals surface area contributed by atoms with Gasteiger partial charge in [-0.25, -0.2) is 9.97 Å². The largest absolute Gasteiger partial charge is 0.369 e. The molecule has 0 amide bonds. The maximum Gasteiger partial charge on any atom is 0.137 e. The van der Waals surface area contributed by atoms with Gasteiger partial charge in [-0.1, -0.05) is 23.7 Å². The molecule has 1 saturated heterocycles. The Hall–Kier alpha value is -2.89. The first kappa shape index (κ1) is 18.2. The second-order valence-corrected chi connectivity index (χ2v) is 7.88. The van der Waals surface area contributed by atoms with Crippen molar-refractivity contribution in [1.82, 2.24) is 19.3 Å². The Morgan fingerprint density at radius 2 is 1.62 bits per heavy atom. The van der Waals surface area contributed by atoms with Crippen LogP contribution in [0.4, 0.5) is 5.69 Å². The van der Waals surface area contributed by atoms with Gasteiger partial charge in [0.05, 0.1) is 11.9 Å². The van der Waals surface area contributed by atoms with Crippen molar-refractivity contribution in [3.05, 3.63) is 72.3 Å². The summed E-state index contributed by atoms with van der Waals surface area (Å²) in [4.78, 5) is 13.5. The van der Waals surface area contributed by atoms with Crippen LogP contribution in [0, 0.1) is 0 Å². The number of pyridine rings is 2. The molecular formula is C23H22ClN5. The van der Waals surface area contributed by atoms with Gasteiger partial charge in [0.2, 0.25) is 0 Å². The number of nitrogens with zero attached hydrogens (tertiary/aromatic N) is 5. The molecule has 0 atom stereocenters. The quantitative estimate of drug-likeness (QED) is 0.473. The summed E-state index contributed by atoms with van der Waals surface area (Å²) in [6, 6.07) is 16.9. The van der Waals surface area contributed by atoms with Crippen molar-refractivity contribution in [2.24, 2.45) is 0 Å². The Morgan fingerprint density at radius 1 is 0.828 bits per heavy atom. The van der Waals surface area contributed by atoms with Crippen molar-refractivity contribution in [3.8, 4) is 22.4 Å². The average Bonchev–Trinajstić information content (AvgIpc) is 3.18. The summed E-state index contributed by atoms with van der Waals surface area (Å²) >= 11 is 6.05. The molecule has 0 radical (unpaired) electrons. The van der Waals surface area contributed by atoms with E-state index >= 15 is 0 Å². The molecule has 0 unspecified atom stereocenters. The topological polar surface area (TPSA) is 36.7 Å². The molecular weight excluding hydrogens is 382 g/mol. The number of hydrogen-bond donors (Lipinski definition) is 0. The number of anilines is 1. The van der Waals surface area contributed by atoms with Crippen LogP contribution in [0.25, 0.3) is 28.0 Å². The number of likely N-dealkylation sites (N-methyl/N-ethyl adjacent to an activating group) is 1. The summed E-state index contributed by atoms with van der Waals surface area (Å²) in [6.07, 6.45) is 5.66. The molecule has 1 aliphatic heterocycles. The lowest BCUT2D eigenvalue weighted by Crippen LogP contribution is -2.44. The van der Waals surface area contributed by atoms with Gasteiger partial charge in [-0.3, -0.25) is 4.40 Å². The first-order valence-electron chi connectivity index (χ1n) is 9.80. The van der Waals surface area contributed by atoms with Crippen LogP contribution >= 0.6 is 11.6 Å². The van der Waals surface area contributed by atoms with Crippen LogP contribution in [0.3, 0.4) is 0 Å². The summed E-state index contributed by atoms with van der Waals surface area (Å²) in [6.45, 7) is 4.39. The van der Waals surface area contributed by atoms with Gasteiger partial charge >= 0.3 is 0 Å². The summed E-state index contributed by atoms with van der Waals surface area (Å²) in [5.41, 5.74) is 6.56. The van der Waals surface area contributed by atoms with Crippen molar-refractivity contribution >= 4 is 22.9 Å². The average molecular weight is 404 g/mol. The van der Waals surface area contributed by atoms with Crippen LogP contribution in [0.1, 0.15) is 0 Å². The molecule has 29 heavy (non-hydrogen) atoms. The summed E-state index contributed by atoms with van der Waals surface area (Å²) in [5, 5.41) is 0.481. The van der Waals surface area contributed by atoms with Gasteiger partial charge in [0.15, 0.2) is 0 Å². The number of halogens is 1. The second-order valence-electron chi connectivity index (χ2n) is 7.49. The molecule has 1 fully saturated rings. The maximum atomic E-state index is 6.05. The van der Waals surface area contributed by atoms with Crippen LogP contribution in [0.5, 0.6) is 0 Å². The number of aromatic nitrogens is 3. The summed E-state index contributed by atoms with van der Waals surface area (Å²) < 4.78 is 2.08. The molecule has 0 aliphatic carbocycles. The Balaban J connectivity index is 1.42. The molecule has 1 aromatic carbocycles. The highest BCUT2D eigenvalue weighted by atomic mass is 35.5. The van der Waals surface area contributed by atoms with E-state index in [-0.39, 0.29) is 0 Å². The molecule has 0 spiro atoms. The zero-order valence-electron chi connectivity index (χ0n) is 16.3. The van der Waals surface area contributed by atoms with Gasteiger partial charge in [0, 0.05) is 49.8 Å². The SMILES string of the molecule is CN1CCN(c2ccc(-c3ccn4c(-c5ccnc(Cl)c5)cnc4c3)cc2)CC1. The molecule has 5 rings (SSSR count). The fourth-order valence-electron chi connectivity index (χ4n) is 3.86. The molecule has 5 nitrogen and oxygen atoms in total. The van der Waals surface area contributed by atoms with Gasteiger partial charge in [-0.15, -0.1) is 0 Å². The second kappa shape index (κ2) is 7.50. The standard InChI is InChI=1S/C23H22ClN5/c1-27-10-12-28(13-11-27)20-4-2-17(3-5-20)18-7-9-29-21(16-26-23(29)15-18)19-6-8-25-22(24)14-19/h2-9,14-16H,10-13H2,1H3. The molecule has 4 heterocycles. The van der Waals surface area contributed by atoms with Crippen molar-refractivity contribution in [1.29, 1.82) is 0 Å². The van der Waals surface area contributed by atoms with Gasteiger partial charge < -0.3 is 9.80 Å². The minimum absolute atomic E-state index is 0.481. The highest BCUT2D eigenvalue weighted by Crippen LogP contribution is 2.27. The molecule has 6 heteroatoms. The lowest BCUT2D eigenvalue weighted by Gasteiger charge is -2.34. The Labute approximate surface area is 175 Å². The van der Waals surface area contributed by atoms with E-state index in [0.29, 0.717) is 5.15 Å². The van der Waals surface area contributed by atoms with E-state index < -0.39 is 0 Å². The summed E-state index contributed by atoms with van der Waals surface area (Å²) in [7, 11) is 2.18. The monoisotopic (exact) mass is 403 g/mol. The van der Waals surface area contributed by atoms with E-state index in [1.165, 1.54) is 11.3 Å². The lowest BCUT2D eigenvalue weighted by atomic mass is 10.1. The Kier molecular flexibility index (Phi) is 4.70. The van der Waals surface area contributed by atoms with Crippen LogP contribution in [-0.2, 0) is 0 Å². The minimum Gasteiger partial charge on any atom is -0.369 e. The van der Waals surface area contributed by atoms with Gasteiger partial charge in [-0.05, 0) is 54.6 Å². The number of imidazole rings is 1. The third kappa shape index (κ3) is 3.59. The first-order chi connectivity index (χ1) is 14.2. The van der Waals surface area contributed by atoms with E-state index in [1.807, 2.05) is 18.3 Å². The highest BCUT2D eigenvalue weighted by molar-refractivity contribution is 6.29. The zero-order chi connectivity index (χ0) is 19.8. The van der Waals surface area contributed by atoms with E-state index in [2.05, 4.69) is 73.8 Å². The van der Waals surface area contributed by atoms with Gasteiger partial charge in [-0.2, -0.15) is 0 Å². The van der Waals surface area contributed by atoms with E-state index in [1.54, 1.807) is 6.20 Å². The predicted molar refractivity (Wildman–Crippen MR) is 119 cm³/mol. The number of fused-ring (bicyclic) bond motifs is 1. The third-order valence-electron chi connectivity index (χ3n) is 5.60. The number of rotatable bonds is 3. The van der Waals surface area contributed by atoms with Crippen LogP contribution in [-0.4, -0.2) is 52.5 Å². The normalized spacial score (nSPS) is 15.2. The first-order valence-corrected chi connectivity index (χ1v) is 10.2. The molecule has 4 aromatic rings. The molecule has 0 bridgehead atoms. The number of hydrogen-bond acceptors (Lipinski definition) is 4. The van der Waals surface area contributed by atoms with E-state index in [0.717, 1.165) is 48.6 Å². The Bertz CT molecular complexity index is 1140. The lowest BCUT2D eigenvalue weighted by molar-refractivity contribution is 0.313. The Morgan fingerprint density at radius 3 is 2.38 bits per heavy atom. The zero-order valence-corrected chi connectivity index (χ0v) is 17.0. The van der Waals surface area contributed by atoms with Crippen molar-refractivity contribution in [3.63, 3.8) is 0 Å². The van der Waals surface area contributed by atoms with Gasteiger partial charge in [0.25, 0.3) is 0 Å². The molecule has 1 aliphatic rings. The van der Waals surface area contributed by atoms with Crippen LogP contribution in [0.15, 0.2) is 67.1 Å². The minimum atomic E-state index is 0.481. The van der Waals surface area contributed by atoms with Crippen LogP contribution in [0.2, 0.25) is 5.15 Å². The van der Waals surface area contributed by atoms with E-state index in [4.69, 9.17) is 11.6 Å². The fourth-order valence-corrected chi connectivity index (χ4v) is 4.04. The number of piperazine rings is 1. The maximum absolute atomic E-state index is 6.05. The third-order valence-corrected chi connectivity index (χ3v) is 5.81. The fraction of sp³-hybridized carbons (Fsp3) is 0.217. The highest BCUT2D eigenvalue weighted by Gasteiger charge is 2.14. The summed E-state index contributed by atoms with van der Waals surface area (Å²) in [5.74, 6) is 0. The molecule has 146 valence electrons. The number of benzene rings is 1. The van der Waals surface area contributed by atoms with Crippen molar-refractivity contribution < 1.29 is 0 Å². The predicted octanol–water partition coefficient (Wildman–Crippen LogP) is 4.47. The molecule has 3 aromatic heterocycles. The molecule has 0 saturated carbocycles. The van der Waals surface area contributed by atoms with E-state index in [9.17, 15) is 0 Å². The van der Waals surface area contributed by atoms with Gasteiger partial charge in [0.1, 0.15) is 10.8 Å². The smallest absolute Gasteiger partial charge is 0.137 e. The van der Waals surface area contributed by atoms with Crippen molar-refractivity contribution in [2.45, 2.75) is 0 Å². The molecule has 0 N–H and O–H groups in total. The van der Waals surface area contributed by atoms with Crippen LogP contribution < -0.4 is 4.90 Å². The van der Waals surface area contributed by atoms with Crippen molar-refractivity contribution in [2.75, 3.05) is 38.1 Å².